The minimum Gasteiger partial charge on any atom is -0.481 e. The molecule has 0 radical (unpaired) electrons. The van der Waals surface area contributed by atoms with Gasteiger partial charge in [0.25, 0.3) is 0 Å². The molecule has 31 heavy (non-hydrogen) atoms. The van der Waals surface area contributed by atoms with Gasteiger partial charge in [-0.05, 0) is 12.3 Å². The van der Waals surface area contributed by atoms with Crippen LogP contribution in [0, 0.1) is 5.92 Å². The van der Waals surface area contributed by atoms with Crippen LogP contribution >= 0.6 is 12.6 Å². The summed E-state index contributed by atoms with van der Waals surface area (Å²) in [4.78, 5) is 70.6. The van der Waals surface area contributed by atoms with Gasteiger partial charge in [-0.25, -0.2) is 4.79 Å². The highest BCUT2D eigenvalue weighted by molar-refractivity contribution is 7.80. The first-order valence-corrected chi connectivity index (χ1v) is 9.93. The zero-order chi connectivity index (χ0) is 24.3. The number of primary amides is 1. The fraction of sp³-hybridized carbons (Fsp3) is 0.647. The number of rotatable bonds is 14. The molecule has 0 rings (SSSR count). The molecule has 0 saturated heterocycles. The summed E-state index contributed by atoms with van der Waals surface area (Å²) in [7, 11) is 0. The Morgan fingerprint density at radius 1 is 0.903 bits per heavy atom. The van der Waals surface area contributed by atoms with Crippen molar-refractivity contribution in [1.82, 2.24) is 16.0 Å². The zero-order valence-electron chi connectivity index (χ0n) is 17.2. The molecule has 14 heteroatoms. The molecule has 0 aromatic rings. The van der Waals surface area contributed by atoms with Gasteiger partial charge >= 0.3 is 11.9 Å². The van der Waals surface area contributed by atoms with Crippen LogP contribution in [0.25, 0.3) is 0 Å². The smallest absolute Gasteiger partial charge is 0.326 e. The Labute approximate surface area is 184 Å². The molecule has 0 aliphatic heterocycles. The van der Waals surface area contributed by atoms with Crippen molar-refractivity contribution in [3.63, 3.8) is 0 Å². The summed E-state index contributed by atoms with van der Waals surface area (Å²) in [6, 6.07) is -5.38. The van der Waals surface area contributed by atoms with E-state index in [0.29, 0.717) is 0 Å². The molecule has 0 aromatic carbocycles. The van der Waals surface area contributed by atoms with E-state index >= 15 is 0 Å². The lowest BCUT2D eigenvalue weighted by Crippen LogP contribution is -2.58. The summed E-state index contributed by atoms with van der Waals surface area (Å²) in [6.45, 7) is 3.11. The molecule has 0 spiro atoms. The normalized spacial score (nSPS) is 14.6. The number of amides is 4. The minimum atomic E-state index is -1.58. The summed E-state index contributed by atoms with van der Waals surface area (Å²) >= 11 is 3.85. The minimum absolute atomic E-state index is 0.0668. The molecule has 13 nitrogen and oxygen atoms in total. The Kier molecular flexibility index (Phi) is 12.2. The first-order chi connectivity index (χ1) is 14.3. The number of carboxylic acids is 2. The number of hydrogen-bond donors (Lipinski definition) is 8. The number of nitrogens with one attached hydrogen (secondary N) is 3. The predicted octanol–water partition coefficient (Wildman–Crippen LogP) is -2.82. The van der Waals surface area contributed by atoms with Crippen LogP contribution in [-0.2, 0) is 28.8 Å². The molecule has 9 N–H and O–H groups in total. The van der Waals surface area contributed by atoms with E-state index in [2.05, 4.69) is 28.6 Å². The Morgan fingerprint density at radius 3 is 1.84 bits per heavy atom. The quantitative estimate of drug-likeness (QED) is 0.124. The van der Waals surface area contributed by atoms with Gasteiger partial charge in [0.1, 0.15) is 18.1 Å². The third-order valence-electron chi connectivity index (χ3n) is 4.09. The van der Waals surface area contributed by atoms with Crippen molar-refractivity contribution in [2.24, 2.45) is 17.4 Å². The van der Waals surface area contributed by atoms with E-state index < -0.39 is 72.1 Å². The number of carboxylic acid groups (broad SMARTS) is 2. The van der Waals surface area contributed by atoms with Gasteiger partial charge in [0.15, 0.2) is 0 Å². The molecule has 4 atom stereocenters. The van der Waals surface area contributed by atoms with Gasteiger partial charge in [0.05, 0.1) is 12.5 Å². The third-order valence-corrected chi connectivity index (χ3v) is 4.48. The monoisotopic (exact) mass is 463 g/mol. The highest BCUT2D eigenvalue weighted by Gasteiger charge is 2.32. The van der Waals surface area contributed by atoms with Gasteiger partial charge in [0, 0.05) is 12.2 Å². The predicted molar refractivity (Wildman–Crippen MR) is 111 cm³/mol. The first-order valence-electron chi connectivity index (χ1n) is 9.30. The number of hydrogen-bond acceptors (Lipinski definition) is 8. The Bertz CT molecular complexity index is 702. The molecule has 176 valence electrons. The summed E-state index contributed by atoms with van der Waals surface area (Å²) in [5.74, 6) is -6.84. The Morgan fingerprint density at radius 2 is 1.42 bits per heavy atom. The summed E-state index contributed by atoms with van der Waals surface area (Å²) in [5, 5.41) is 24.9. The molecular weight excluding hydrogens is 434 g/mol. The summed E-state index contributed by atoms with van der Waals surface area (Å²) in [5.41, 5.74) is 10.6. The lowest BCUT2D eigenvalue weighted by molar-refractivity contribution is -0.144. The fourth-order valence-corrected chi connectivity index (χ4v) is 2.51. The highest BCUT2D eigenvalue weighted by Crippen LogP contribution is 2.06. The summed E-state index contributed by atoms with van der Waals surface area (Å²) in [6.07, 6.45) is -1.41. The molecule has 4 unspecified atom stereocenters. The number of nitrogens with two attached hydrogens (primary N) is 2. The SMILES string of the molecule is CC(C)C(NC(=O)C(CCC(N)=O)NC(=O)C(CC(=O)O)NC(=O)C(N)CS)C(=O)O. The van der Waals surface area contributed by atoms with Crippen LogP contribution in [0.3, 0.4) is 0 Å². The van der Waals surface area contributed by atoms with Gasteiger partial charge in [-0.2, -0.15) is 12.6 Å². The van der Waals surface area contributed by atoms with Gasteiger partial charge in [-0.15, -0.1) is 0 Å². The second kappa shape index (κ2) is 13.4. The Balaban J connectivity index is 5.55. The largest absolute Gasteiger partial charge is 0.481 e. The molecule has 0 heterocycles. The number of thiol groups is 1. The van der Waals surface area contributed by atoms with Crippen molar-refractivity contribution in [1.29, 1.82) is 0 Å². The average Bonchev–Trinajstić information content (AvgIpc) is 2.66. The second-order valence-corrected chi connectivity index (χ2v) is 7.45. The van der Waals surface area contributed by atoms with Crippen LogP contribution in [0.4, 0.5) is 0 Å². The average molecular weight is 464 g/mol. The van der Waals surface area contributed by atoms with Crippen molar-refractivity contribution in [3.8, 4) is 0 Å². The molecule has 0 saturated carbocycles. The van der Waals surface area contributed by atoms with E-state index in [1.54, 1.807) is 13.8 Å². The van der Waals surface area contributed by atoms with Crippen molar-refractivity contribution >= 4 is 48.2 Å². The van der Waals surface area contributed by atoms with Crippen LogP contribution in [-0.4, -0.2) is 75.7 Å². The standard InChI is InChI=1S/C17H29N5O8S/c1-7(2)13(17(29)30)22-15(27)9(3-4-11(19)23)20-16(28)10(5-12(24)25)21-14(26)8(18)6-31/h7-10,13,31H,3-6,18H2,1-2H3,(H2,19,23)(H,20,28)(H,21,26)(H,22,27)(H,24,25)(H,29,30). The maximum atomic E-state index is 12.6. The highest BCUT2D eigenvalue weighted by atomic mass is 32.1. The van der Waals surface area contributed by atoms with E-state index in [4.69, 9.17) is 16.6 Å². The number of aliphatic carboxylic acids is 2. The lowest BCUT2D eigenvalue weighted by atomic mass is 10.0. The van der Waals surface area contributed by atoms with Crippen molar-refractivity contribution in [3.05, 3.63) is 0 Å². The molecule has 0 aliphatic rings. The van der Waals surface area contributed by atoms with E-state index in [1.807, 2.05) is 0 Å². The number of carbonyl (C=O) groups is 6. The van der Waals surface area contributed by atoms with Crippen LogP contribution in [0.1, 0.15) is 33.1 Å². The van der Waals surface area contributed by atoms with E-state index in [9.17, 15) is 33.9 Å². The molecule has 0 aromatic heterocycles. The van der Waals surface area contributed by atoms with Crippen molar-refractivity contribution in [2.45, 2.75) is 57.3 Å². The maximum absolute atomic E-state index is 12.6. The third kappa shape index (κ3) is 10.6. The zero-order valence-corrected chi connectivity index (χ0v) is 18.1. The summed E-state index contributed by atoms with van der Waals surface area (Å²) < 4.78 is 0. The fourth-order valence-electron chi connectivity index (χ4n) is 2.34. The van der Waals surface area contributed by atoms with Crippen LogP contribution < -0.4 is 27.4 Å². The van der Waals surface area contributed by atoms with Crippen molar-refractivity contribution in [2.75, 3.05) is 5.75 Å². The van der Waals surface area contributed by atoms with Gasteiger partial charge < -0.3 is 37.6 Å². The van der Waals surface area contributed by atoms with Crippen molar-refractivity contribution < 1.29 is 39.0 Å². The van der Waals surface area contributed by atoms with E-state index in [1.165, 1.54) is 0 Å². The van der Waals surface area contributed by atoms with E-state index in [0.717, 1.165) is 0 Å². The van der Waals surface area contributed by atoms with Gasteiger partial charge in [-0.3, -0.25) is 24.0 Å². The van der Waals surface area contributed by atoms with Gasteiger partial charge in [-0.1, -0.05) is 13.8 Å². The van der Waals surface area contributed by atoms with E-state index in [-0.39, 0.29) is 18.6 Å². The molecule has 4 amide bonds. The molecule has 0 aliphatic carbocycles. The van der Waals surface area contributed by atoms with Crippen LogP contribution in [0.2, 0.25) is 0 Å². The van der Waals surface area contributed by atoms with Crippen LogP contribution in [0.15, 0.2) is 0 Å². The van der Waals surface area contributed by atoms with Gasteiger partial charge in [0.2, 0.25) is 23.6 Å². The molecule has 0 bridgehead atoms. The Hall–Kier alpha value is -2.87. The lowest BCUT2D eigenvalue weighted by Gasteiger charge is -2.25. The molecule has 0 fully saturated rings. The maximum Gasteiger partial charge on any atom is 0.326 e. The first kappa shape index (κ1) is 28.1. The topological polar surface area (TPSA) is 231 Å². The molecular formula is C17H29N5O8S. The number of carbonyl (C=O) groups excluding carboxylic acids is 4. The van der Waals surface area contributed by atoms with Crippen LogP contribution in [0.5, 0.6) is 0 Å². The second-order valence-electron chi connectivity index (χ2n) is 7.08.